The van der Waals surface area contributed by atoms with Crippen LogP contribution in [-0.4, -0.2) is 12.1 Å². The van der Waals surface area contributed by atoms with Gasteiger partial charge in [0, 0.05) is 17.0 Å². The molecule has 0 aromatic carbocycles. The van der Waals surface area contributed by atoms with Crippen molar-refractivity contribution < 1.29 is 0 Å². The Morgan fingerprint density at radius 1 is 1.31 bits per heavy atom. The fourth-order valence-corrected chi connectivity index (χ4v) is 3.14. The maximum Gasteiger partial charge on any atom is 0.0299 e. The van der Waals surface area contributed by atoms with Crippen LogP contribution in [0.15, 0.2) is 17.5 Å². The van der Waals surface area contributed by atoms with Gasteiger partial charge in [0.2, 0.25) is 0 Å². The second-order valence-corrected chi connectivity index (χ2v) is 5.96. The highest BCUT2D eigenvalue weighted by molar-refractivity contribution is 7.09. The predicted octanol–water partition coefficient (Wildman–Crippen LogP) is 2.89. The van der Waals surface area contributed by atoms with Crippen LogP contribution in [0.2, 0.25) is 0 Å². The van der Waals surface area contributed by atoms with Gasteiger partial charge in [-0.1, -0.05) is 25.3 Å². The summed E-state index contributed by atoms with van der Waals surface area (Å²) in [5, 5.41) is 5.62. The Kier molecular flexibility index (Phi) is 4.38. The zero-order valence-corrected chi connectivity index (χ0v) is 10.7. The van der Waals surface area contributed by atoms with Gasteiger partial charge < -0.3 is 11.1 Å². The molecular weight excluding hydrogens is 216 g/mol. The molecule has 1 aliphatic rings. The highest BCUT2D eigenvalue weighted by atomic mass is 32.1. The van der Waals surface area contributed by atoms with Crippen LogP contribution >= 0.6 is 11.3 Å². The average Bonchev–Trinajstić information content (AvgIpc) is 2.78. The monoisotopic (exact) mass is 238 g/mol. The lowest BCUT2D eigenvalue weighted by Crippen LogP contribution is -2.43. The number of nitrogens with two attached hydrogens (primary N) is 1. The van der Waals surface area contributed by atoms with Gasteiger partial charge in [-0.05, 0) is 37.3 Å². The topological polar surface area (TPSA) is 38.0 Å². The maximum absolute atomic E-state index is 6.38. The third-order valence-corrected chi connectivity index (χ3v) is 4.40. The summed E-state index contributed by atoms with van der Waals surface area (Å²) in [7, 11) is 0. The van der Waals surface area contributed by atoms with E-state index in [-0.39, 0.29) is 5.54 Å². The number of nitrogens with one attached hydrogen (secondary N) is 1. The highest BCUT2D eigenvalue weighted by Crippen LogP contribution is 2.28. The molecule has 0 spiro atoms. The van der Waals surface area contributed by atoms with E-state index < -0.39 is 0 Å². The SMILES string of the molecule is NC1(CCNCc2cccs2)CCCCC1. The molecule has 1 aromatic rings. The zero-order chi connectivity index (χ0) is 11.3. The van der Waals surface area contributed by atoms with E-state index in [0.717, 1.165) is 19.5 Å². The predicted molar refractivity (Wildman–Crippen MR) is 70.6 cm³/mol. The fraction of sp³-hybridized carbons (Fsp3) is 0.692. The van der Waals surface area contributed by atoms with E-state index in [1.165, 1.54) is 37.0 Å². The third kappa shape index (κ3) is 3.58. The molecule has 3 N–H and O–H groups in total. The number of thiophene rings is 1. The molecule has 1 aromatic heterocycles. The van der Waals surface area contributed by atoms with Crippen molar-refractivity contribution in [1.29, 1.82) is 0 Å². The smallest absolute Gasteiger partial charge is 0.0299 e. The van der Waals surface area contributed by atoms with Gasteiger partial charge >= 0.3 is 0 Å². The number of hydrogen-bond acceptors (Lipinski definition) is 3. The second kappa shape index (κ2) is 5.80. The van der Waals surface area contributed by atoms with Crippen LogP contribution in [-0.2, 0) is 6.54 Å². The van der Waals surface area contributed by atoms with Gasteiger partial charge in [0.25, 0.3) is 0 Å². The van der Waals surface area contributed by atoms with Crippen LogP contribution in [0.25, 0.3) is 0 Å². The minimum Gasteiger partial charge on any atom is -0.325 e. The largest absolute Gasteiger partial charge is 0.325 e. The number of hydrogen-bond donors (Lipinski definition) is 2. The van der Waals surface area contributed by atoms with Crippen molar-refractivity contribution in [3.8, 4) is 0 Å². The minimum atomic E-state index is 0.126. The normalized spacial score (nSPS) is 19.8. The summed E-state index contributed by atoms with van der Waals surface area (Å²) in [6, 6.07) is 4.28. The molecule has 90 valence electrons. The summed E-state index contributed by atoms with van der Waals surface area (Å²) in [4.78, 5) is 1.41. The molecule has 1 saturated carbocycles. The van der Waals surface area contributed by atoms with Crippen molar-refractivity contribution in [3.63, 3.8) is 0 Å². The lowest BCUT2D eigenvalue weighted by Gasteiger charge is -2.33. The molecular formula is C13H22N2S. The van der Waals surface area contributed by atoms with Crippen molar-refractivity contribution >= 4 is 11.3 Å². The van der Waals surface area contributed by atoms with Crippen molar-refractivity contribution in [2.75, 3.05) is 6.54 Å². The van der Waals surface area contributed by atoms with Crippen molar-refractivity contribution in [1.82, 2.24) is 5.32 Å². The molecule has 0 amide bonds. The van der Waals surface area contributed by atoms with E-state index in [1.54, 1.807) is 0 Å². The van der Waals surface area contributed by atoms with Crippen molar-refractivity contribution in [2.45, 2.75) is 50.6 Å². The van der Waals surface area contributed by atoms with Gasteiger partial charge in [-0.2, -0.15) is 0 Å². The first-order chi connectivity index (χ1) is 7.79. The van der Waals surface area contributed by atoms with Gasteiger partial charge in [0.15, 0.2) is 0 Å². The van der Waals surface area contributed by atoms with Crippen LogP contribution in [0.3, 0.4) is 0 Å². The molecule has 0 atom stereocenters. The third-order valence-electron chi connectivity index (χ3n) is 3.53. The first kappa shape index (κ1) is 12.1. The molecule has 0 radical (unpaired) electrons. The summed E-state index contributed by atoms with van der Waals surface area (Å²) in [6.45, 7) is 2.04. The molecule has 16 heavy (non-hydrogen) atoms. The van der Waals surface area contributed by atoms with Crippen molar-refractivity contribution in [2.24, 2.45) is 5.73 Å². The Hall–Kier alpha value is -0.380. The van der Waals surface area contributed by atoms with Gasteiger partial charge in [-0.15, -0.1) is 11.3 Å². The Morgan fingerprint density at radius 2 is 2.12 bits per heavy atom. The van der Waals surface area contributed by atoms with E-state index >= 15 is 0 Å². The minimum absolute atomic E-state index is 0.126. The van der Waals surface area contributed by atoms with E-state index in [2.05, 4.69) is 22.8 Å². The average molecular weight is 238 g/mol. The summed E-state index contributed by atoms with van der Waals surface area (Å²) in [5.74, 6) is 0. The van der Waals surface area contributed by atoms with E-state index in [0.29, 0.717) is 0 Å². The zero-order valence-electron chi connectivity index (χ0n) is 9.87. The molecule has 0 bridgehead atoms. The maximum atomic E-state index is 6.38. The molecule has 0 aliphatic heterocycles. The van der Waals surface area contributed by atoms with E-state index in [1.807, 2.05) is 11.3 Å². The van der Waals surface area contributed by atoms with Gasteiger partial charge in [0.05, 0.1) is 0 Å². The standard InChI is InChI=1S/C13H22N2S/c14-13(6-2-1-3-7-13)8-9-15-11-12-5-4-10-16-12/h4-5,10,15H,1-3,6-9,11,14H2. The Morgan fingerprint density at radius 3 is 2.81 bits per heavy atom. The highest BCUT2D eigenvalue weighted by Gasteiger charge is 2.26. The first-order valence-electron chi connectivity index (χ1n) is 6.31. The molecule has 0 saturated heterocycles. The number of rotatable bonds is 5. The summed E-state index contributed by atoms with van der Waals surface area (Å²) in [5.41, 5.74) is 6.51. The van der Waals surface area contributed by atoms with Gasteiger partial charge in [-0.25, -0.2) is 0 Å². The molecule has 1 aliphatic carbocycles. The molecule has 2 rings (SSSR count). The van der Waals surface area contributed by atoms with Crippen molar-refractivity contribution in [3.05, 3.63) is 22.4 Å². The van der Waals surface area contributed by atoms with Gasteiger partial charge in [0.1, 0.15) is 0 Å². The molecule has 2 nitrogen and oxygen atoms in total. The van der Waals surface area contributed by atoms with Crippen LogP contribution < -0.4 is 11.1 Å². The van der Waals surface area contributed by atoms with E-state index in [4.69, 9.17) is 5.73 Å². The Bertz CT molecular complexity index is 289. The van der Waals surface area contributed by atoms with Crippen LogP contribution in [0.4, 0.5) is 0 Å². The molecule has 1 fully saturated rings. The summed E-state index contributed by atoms with van der Waals surface area (Å²) in [6.07, 6.45) is 7.57. The van der Waals surface area contributed by atoms with Crippen LogP contribution in [0, 0.1) is 0 Å². The summed E-state index contributed by atoms with van der Waals surface area (Å²) >= 11 is 1.81. The molecule has 3 heteroatoms. The van der Waals surface area contributed by atoms with E-state index in [9.17, 15) is 0 Å². The lowest BCUT2D eigenvalue weighted by molar-refractivity contribution is 0.275. The first-order valence-corrected chi connectivity index (χ1v) is 7.18. The quantitative estimate of drug-likeness (QED) is 0.774. The second-order valence-electron chi connectivity index (χ2n) is 4.93. The van der Waals surface area contributed by atoms with Crippen LogP contribution in [0.1, 0.15) is 43.4 Å². The fourth-order valence-electron chi connectivity index (χ4n) is 2.47. The molecule has 1 heterocycles. The lowest BCUT2D eigenvalue weighted by atomic mass is 9.80. The Labute approximate surface area is 102 Å². The van der Waals surface area contributed by atoms with Gasteiger partial charge in [-0.3, -0.25) is 0 Å². The summed E-state index contributed by atoms with van der Waals surface area (Å²) < 4.78 is 0. The molecule has 0 unspecified atom stereocenters. The van der Waals surface area contributed by atoms with Crippen LogP contribution in [0.5, 0.6) is 0 Å². The Balaban J connectivity index is 1.63.